The highest BCUT2D eigenvalue weighted by Crippen LogP contribution is 2.25. The summed E-state index contributed by atoms with van der Waals surface area (Å²) in [6.45, 7) is 0.625. The van der Waals surface area contributed by atoms with Crippen LogP contribution in [0.4, 0.5) is 8.78 Å². The summed E-state index contributed by atoms with van der Waals surface area (Å²) in [6.07, 6.45) is 0.528. The average molecular weight is 164 g/mol. The number of alkyl halides is 2. The minimum absolute atomic E-state index is 0.126. The van der Waals surface area contributed by atoms with E-state index in [9.17, 15) is 8.78 Å². The number of hydrogen-bond donors (Lipinski definition) is 1. The van der Waals surface area contributed by atoms with Crippen molar-refractivity contribution in [3.05, 3.63) is 0 Å². The predicted molar refractivity (Wildman–Crippen MR) is 39.9 cm³/mol. The second-order valence-electron chi connectivity index (χ2n) is 3.13. The Kier molecular flexibility index (Phi) is 2.44. The first-order valence-electron chi connectivity index (χ1n) is 3.80. The minimum atomic E-state index is -2.57. The third-order valence-electron chi connectivity index (χ3n) is 2.14. The molecule has 0 saturated carbocycles. The van der Waals surface area contributed by atoms with Gasteiger partial charge < -0.3 is 10.2 Å². The van der Waals surface area contributed by atoms with Crippen molar-refractivity contribution in [2.75, 3.05) is 27.2 Å². The van der Waals surface area contributed by atoms with Gasteiger partial charge in [0.1, 0.15) is 0 Å². The monoisotopic (exact) mass is 164 g/mol. The first-order chi connectivity index (χ1) is 5.06. The lowest BCUT2D eigenvalue weighted by atomic mass is 10.0. The van der Waals surface area contributed by atoms with Crippen LogP contribution >= 0.6 is 0 Å². The van der Waals surface area contributed by atoms with E-state index in [1.165, 1.54) is 0 Å². The van der Waals surface area contributed by atoms with Crippen molar-refractivity contribution in [1.29, 1.82) is 0 Å². The van der Waals surface area contributed by atoms with Crippen molar-refractivity contribution in [2.24, 2.45) is 0 Å². The van der Waals surface area contributed by atoms with Crippen LogP contribution in [0.5, 0.6) is 0 Å². The number of likely N-dealkylation sites (tertiary alicyclic amines) is 1. The number of nitrogens with zero attached hydrogens (tertiary/aromatic N) is 1. The topological polar surface area (TPSA) is 15.3 Å². The maximum absolute atomic E-state index is 13.0. The summed E-state index contributed by atoms with van der Waals surface area (Å²) in [4.78, 5) is 1.66. The first-order valence-corrected chi connectivity index (χ1v) is 3.80. The van der Waals surface area contributed by atoms with Gasteiger partial charge in [-0.05, 0) is 27.1 Å². The highest BCUT2D eigenvalue weighted by molar-refractivity contribution is 4.89. The Bertz CT molecular complexity index is 138. The molecule has 0 aliphatic carbocycles. The highest BCUT2D eigenvalue weighted by Gasteiger charge is 2.42. The predicted octanol–water partition coefficient (Wildman–Crippen LogP) is 0.545. The lowest BCUT2D eigenvalue weighted by molar-refractivity contribution is -0.0822. The van der Waals surface area contributed by atoms with Gasteiger partial charge in [0.25, 0.3) is 5.92 Å². The van der Waals surface area contributed by atoms with Crippen molar-refractivity contribution < 1.29 is 8.78 Å². The van der Waals surface area contributed by atoms with E-state index in [4.69, 9.17) is 0 Å². The van der Waals surface area contributed by atoms with E-state index in [1.807, 2.05) is 0 Å². The first kappa shape index (κ1) is 8.87. The van der Waals surface area contributed by atoms with Gasteiger partial charge in [-0.3, -0.25) is 0 Å². The van der Waals surface area contributed by atoms with E-state index in [-0.39, 0.29) is 6.54 Å². The minimum Gasteiger partial charge on any atom is -0.312 e. The second kappa shape index (κ2) is 3.03. The van der Waals surface area contributed by atoms with E-state index in [2.05, 4.69) is 5.32 Å². The van der Waals surface area contributed by atoms with Crippen LogP contribution in [0, 0.1) is 0 Å². The van der Waals surface area contributed by atoms with Crippen molar-refractivity contribution in [1.82, 2.24) is 10.2 Å². The normalized spacial score (nSPS) is 32.2. The van der Waals surface area contributed by atoms with Crippen LogP contribution in [0.1, 0.15) is 6.42 Å². The summed E-state index contributed by atoms with van der Waals surface area (Å²) >= 11 is 0. The Morgan fingerprint density at radius 2 is 2.18 bits per heavy atom. The van der Waals surface area contributed by atoms with E-state index >= 15 is 0 Å². The molecule has 1 fully saturated rings. The molecule has 1 heterocycles. The van der Waals surface area contributed by atoms with Crippen molar-refractivity contribution in [3.8, 4) is 0 Å². The van der Waals surface area contributed by atoms with Crippen LogP contribution < -0.4 is 5.32 Å². The van der Waals surface area contributed by atoms with Crippen molar-refractivity contribution >= 4 is 0 Å². The summed E-state index contributed by atoms with van der Waals surface area (Å²) in [6, 6.07) is -0.640. The molecule has 0 aromatic heterocycles. The van der Waals surface area contributed by atoms with Gasteiger partial charge in [-0.15, -0.1) is 0 Å². The number of piperidine rings is 1. The third kappa shape index (κ3) is 1.87. The summed E-state index contributed by atoms with van der Waals surface area (Å²) < 4.78 is 26.0. The molecule has 1 rings (SSSR count). The molecule has 1 N–H and O–H groups in total. The molecule has 0 amide bonds. The van der Waals surface area contributed by atoms with Gasteiger partial charge in [0, 0.05) is 0 Å². The zero-order valence-electron chi connectivity index (χ0n) is 6.90. The molecule has 1 saturated heterocycles. The average Bonchev–Trinajstić information content (AvgIpc) is 1.85. The maximum Gasteiger partial charge on any atom is 0.275 e. The smallest absolute Gasteiger partial charge is 0.275 e. The molecule has 0 aromatic rings. The Hall–Kier alpha value is -0.220. The van der Waals surface area contributed by atoms with Gasteiger partial charge in [0.15, 0.2) is 0 Å². The molecule has 1 aliphatic heterocycles. The van der Waals surface area contributed by atoms with Crippen LogP contribution in [0.2, 0.25) is 0 Å². The molecule has 66 valence electrons. The lowest BCUT2D eigenvalue weighted by Crippen LogP contribution is -2.55. The fraction of sp³-hybridized carbons (Fsp3) is 1.00. The zero-order valence-corrected chi connectivity index (χ0v) is 6.90. The molecular weight excluding hydrogens is 150 g/mol. The van der Waals surface area contributed by atoms with E-state index in [1.54, 1.807) is 19.0 Å². The molecule has 0 bridgehead atoms. The molecular formula is C7H14F2N2. The Labute approximate surface area is 65.6 Å². The Morgan fingerprint density at radius 3 is 2.64 bits per heavy atom. The standard InChI is InChI=1S/C7H14F2N2/c1-10-6-3-4-11(2)5-7(6,8)9/h6,10H,3-5H2,1-2H3/t6-/m0/s1. The van der Waals surface area contributed by atoms with Crippen LogP contribution in [-0.4, -0.2) is 44.0 Å². The summed E-state index contributed by atoms with van der Waals surface area (Å²) in [5.74, 6) is -2.57. The van der Waals surface area contributed by atoms with Crippen LogP contribution in [-0.2, 0) is 0 Å². The Balaban J connectivity index is 2.56. The molecule has 2 nitrogen and oxygen atoms in total. The van der Waals surface area contributed by atoms with E-state index in [0.717, 1.165) is 6.54 Å². The number of halogens is 2. The van der Waals surface area contributed by atoms with E-state index in [0.29, 0.717) is 6.42 Å². The number of hydrogen-bond acceptors (Lipinski definition) is 2. The van der Waals surface area contributed by atoms with Crippen LogP contribution in [0.15, 0.2) is 0 Å². The summed E-state index contributed by atoms with van der Waals surface area (Å²) in [5, 5.41) is 2.64. The maximum atomic E-state index is 13.0. The molecule has 11 heavy (non-hydrogen) atoms. The van der Waals surface area contributed by atoms with Gasteiger partial charge in [0.05, 0.1) is 12.6 Å². The van der Waals surface area contributed by atoms with Gasteiger partial charge in [-0.25, -0.2) is 8.78 Å². The van der Waals surface area contributed by atoms with Crippen LogP contribution in [0.3, 0.4) is 0 Å². The molecule has 0 spiro atoms. The quantitative estimate of drug-likeness (QED) is 0.608. The SMILES string of the molecule is CN[C@H]1CCN(C)CC1(F)F. The molecule has 0 aromatic carbocycles. The molecule has 4 heteroatoms. The Morgan fingerprint density at radius 1 is 1.55 bits per heavy atom. The van der Waals surface area contributed by atoms with Crippen molar-refractivity contribution in [3.63, 3.8) is 0 Å². The summed E-state index contributed by atoms with van der Waals surface area (Å²) in [7, 11) is 3.31. The fourth-order valence-electron chi connectivity index (χ4n) is 1.47. The third-order valence-corrected chi connectivity index (χ3v) is 2.14. The molecule has 0 radical (unpaired) electrons. The molecule has 1 atom stereocenters. The second-order valence-corrected chi connectivity index (χ2v) is 3.13. The highest BCUT2D eigenvalue weighted by atomic mass is 19.3. The van der Waals surface area contributed by atoms with E-state index < -0.39 is 12.0 Å². The fourth-order valence-corrected chi connectivity index (χ4v) is 1.47. The number of nitrogens with one attached hydrogen (secondary N) is 1. The molecule has 1 aliphatic rings. The molecule has 0 unspecified atom stereocenters. The van der Waals surface area contributed by atoms with Crippen LogP contribution in [0.25, 0.3) is 0 Å². The lowest BCUT2D eigenvalue weighted by Gasteiger charge is -2.36. The largest absolute Gasteiger partial charge is 0.312 e. The van der Waals surface area contributed by atoms with Gasteiger partial charge in [-0.1, -0.05) is 0 Å². The van der Waals surface area contributed by atoms with Gasteiger partial charge in [0.2, 0.25) is 0 Å². The summed E-state index contributed by atoms with van der Waals surface area (Å²) in [5.41, 5.74) is 0. The van der Waals surface area contributed by atoms with Gasteiger partial charge in [-0.2, -0.15) is 0 Å². The van der Waals surface area contributed by atoms with Crippen molar-refractivity contribution in [2.45, 2.75) is 18.4 Å². The number of rotatable bonds is 1. The van der Waals surface area contributed by atoms with Gasteiger partial charge >= 0.3 is 0 Å². The zero-order chi connectivity index (χ0) is 8.48.